The summed E-state index contributed by atoms with van der Waals surface area (Å²) in [5.74, 6) is -1.76. The minimum atomic E-state index is -2.69. The van der Waals surface area contributed by atoms with E-state index in [0.717, 1.165) is 46.4 Å². The van der Waals surface area contributed by atoms with Crippen molar-refractivity contribution in [1.29, 1.82) is 0 Å². The van der Waals surface area contributed by atoms with Crippen LogP contribution in [0.15, 0.2) is 84.0 Å². The molecule has 6 heteroatoms. The number of aromatic nitrogens is 1. The normalized spacial score (nSPS) is 25.3. The fraction of sp³-hybridized carbons (Fsp3) is 0.321. The number of halogens is 2. The lowest BCUT2D eigenvalue weighted by Gasteiger charge is -2.44. The van der Waals surface area contributed by atoms with Gasteiger partial charge < -0.3 is 4.74 Å². The van der Waals surface area contributed by atoms with Crippen LogP contribution in [0, 0.1) is 5.92 Å². The summed E-state index contributed by atoms with van der Waals surface area (Å²) in [7, 11) is 0. The van der Waals surface area contributed by atoms with Crippen LogP contribution >= 0.6 is 11.3 Å². The van der Waals surface area contributed by atoms with Gasteiger partial charge in [0.25, 0.3) is 11.1 Å². The topological polar surface area (TPSA) is 34.1 Å². The second kappa shape index (κ2) is 8.75. The first kappa shape index (κ1) is 21.7. The van der Waals surface area contributed by atoms with Gasteiger partial charge in [-0.1, -0.05) is 59.9 Å². The molecule has 0 radical (unpaired) electrons. The lowest BCUT2D eigenvalue weighted by molar-refractivity contribution is -0.0574. The highest BCUT2D eigenvalue weighted by atomic mass is 32.1. The van der Waals surface area contributed by atoms with Crippen molar-refractivity contribution in [3.05, 3.63) is 89.5 Å². The van der Waals surface area contributed by atoms with Gasteiger partial charge in [0, 0.05) is 12.5 Å². The molecule has 1 aromatic heterocycles. The third kappa shape index (κ3) is 4.21. The Morgan fingerprint density at radius 1 is 1.12 bits per heavy atom. The number of nitrogens with one attached hydrogen (secondary N) is 1. The summed E-state index contributed by atoms with van der Waals surface area (Å²) in [5, 5.41) is 3.89. The third-order valence-electron chi connectivity index (χ3n) is 7.14. The molecule has 3 unspecified atom stereocenters. The van der Waals surface area contributed by atoms with E-state index >= 15 is 0 Å². The van der Waals surface area contributed by atoms with E-state index in [0.29, 0.717) is 11.6 Å². The molecule has 3 nitrogen and oxygen atoms in total. The Kier molecular flexibility index (Phi) is 5.58. The van der Waals surface area contributed by atoms with E-state index in [1.807, 2.05) is 48.6 Å². The predicted molar refractivity (Wildman–Crippen MR) is 133 cm³/mol. The molecule has 2 heterocycles. The fourth-order valence-corrected chi connectivity index (χ4v) is 6.14. The molecule has 0 amide bonds. The summed E-state index contributed by atoms with van der Waals surface area (Å²) in [6.07, 6.45) is 11.2. The van der Waals surface area contributed by atoms with Gasteiger partial charge in [-0.2, -0.15) is 0 Å². The number of rotatable bonds is 5. The zero-order valence-corrected chi connectivity index (χ0v) is 19.5. The van der Waals surface area contributed by atoms with E-state index < -0.39 is 12.0 Å². The van der Waals surface area contributed by atoms with Crippen LogP contribution in [-0.2, 0) is 6.42 Å². The molecule has 3 aliphatic rings. The number of allylic oxidation sites excluding steroid dienone is 2. The largest absolute Gasteiger partial charge is 0.431 e. The summed E-state index contributed by atoms with van der Waals surface area (Å²) in [6, 6.07) is 15.2. The summed E-state index contributed by atoms with van der Waals surface area (Å²) in [4.78, 5) is 4.52. The van der Waals surface area contributed by atoms with Gasteiger partial charge in [-0.05, 0) is 72.6 Å². The van der Waals surface area contributed by atoms with Crippen LogP contribution in [0.1, 0.15) is 31.2 Å². The number of thiazole rings is 1. The highest BCUT2D eigenvalue weighted by molar-refractivity contribution is 7.20. The van der Waals surface area contributed by atoms with Gasteiger partial charge in [-0.3, -0.25) is 5.32 Å². The molecule has 3 aromatic rings. The minimum Gasteiger partial charge on any atom is -0.431 e. The van der Waals surface area contributed by atoms with E-state index in [2.05, 4.69) is 34.6 Å². The molecule has 6 rings (SSSR count). The van der Waals surface area contributed by atoms with E-state index in [4.69, 9.17) is 4.74 Å². The van der Waals surface area contributed by atoms with Crippen molar-refractivity contribution in [2.75, 3.05) is 0 Å². The van der Waals surface area contributed by atoms with Crippen LogP contribution in [0.5, 0.6) is 10.9 Å². The zero-order valence-electron chi connectivity index (χ0n) is 18.7. The molecule has 1 fully saturated rings. The van der Waals surface area contributed by atoms with Gasteiger partial charge in [-0.15, -0.1) is 0 Å². The number of benzene rings is 2. The summed E-state index contributed by atoms with van der Waals surface area (Å²) >= 11 is 1.53. The average Bonchev–Trinajstić information content (AvgIpc) is 3.26. The summed E-state index contributed by atoms with van der Waals surface area (Å²) in [6.45, 7) is 0. The Labute approximate surface area is 201 Å². The van der Waals surface area contributed by atoms with Crippen LogP contribution < -0.4 is 10.1 Å². The van der Waals surface area contributed by atoms with Crippen molar-refractivity contribution >= 4 is 21.6 Å². The smallest absolute Gasteiger partial charge is 0.279 e. The molecule has 0 saturated heterocycles. The Bertz CT molecular complexity index is 1260. The maximum absolute atomic E-state index is 14.8. The van der Waals surface area contributed by atoms with E-state index in [9.17, 15) is 8.78 Å². The highest BCUT2D eigenvalue weighted by Crippen LogP contribution is 2.45. The van der Waals surface area contributed by atoms with Crippen molar-refractivity contribution in [3.8, 4) is 10.9 Å². The molecular formula is C28H26F2N2OS. The molecule has 2 aromatic carbocycles. The first-order valence-corrected chi connectivity index (χ1v) is 12.7. The Hall–Kier alpha value is -2.83. The molecule has 3 atom stereocenters. The number of fused-ring (bicyclic) bond motifs is 3. The maximum atomic E-state index is 14.8. The average molecular weight is 477 g/mol. The monoisotopic (exact) mass is 476 g/mol. The van der Waals surface area contributed by atoms with Crippen molar-refractivity contribution in [1.82, 2.24) is 10.3 Å². The Morgan fingerprint density at radius 2 is 1.97 bits per heavy atom. The fourth-order valence-electron chi connectivity index (χ4n) is 5.30. The molecule has 1 saturated carbocycles. The number of hydrogen-bond acceptors (Lipinski definition) is 4. The number of hydrogen-bond donors (Lipinski definition) is 1. The lowest BCUT2D eigenvalue weighted by atomic mass is 9.72. The van der Waals surface area contributed by atoms with Crippen molar-refractivity contribution in [2.24, 2.45) is 5.92 Å². The molecule has 2 aliphatic carbocycles. The standard InChI is InChI=1S/C28H26F2N2OS/c29-28(30)16-15-19(22-17-20-5-1-2-6-23(20)31-26(22)28)12-9-18-10-13-21(14-11-18)33-27-32-24-7-3-4-8-25(24)34-27/h1-5,7-8,10-11,13-14,17,19,23,26,31H,6,9,12,15-16H2. The molecule has 1 N–H and O–H groups in total. The zero-order chi connectivity index (χ0) is 23.1. The molecule has 174 valence electrons. The van der Waals surface area contributed by atoms with E-state index in [1.165, 1.54) is 16.9 Å². The quantitative estimate of drug-likeness (QED) is 0.422. The maximum Gasteiger partial charge on any atom is 0.279 e. The molecule has 1 aliphatic heterocycles. The predicted octanol–water partition coefficient (Wildman–Crippen LogP) is 7.22. The SMILES string of the molecule is FC1(F)CCC(CCc2ccc(Oc3nc4ccccc4s3)cc2)C2=CC3=CC=CCC3NC21. The van der Waals surface area contributed by atoms with Gasteiger partial charge in [0.1, 0.15) is 5.75 Å². The number of aryl methyl sites for hydroxylation is 1. The van der Waals surface area contributed by atoms with Gasteiger partial charge in [-0.25, -0.2) is 13.8 Å². The second-order valence-electron chi connectivity index (χ2n) is 9.36. The molecule has 34 heavy (non-hydrogen) atoms. The van der Waals surface area contributed by atoms with Gasteiger partial charge >= 0.3 is 0 Å². The Morgan fingerprint density at radius 3 is 2.82 bits per heavy atom. The van der Waals surface area contributed by atoms with Gasteiger partial charge in [0.2, 0.25) is 0 Å². The second-order valence-corrected chi connectivity index (χ2v) is 10.3. The molecular weight excluding hydrogens is 450 g/mol. The number of ether oxygens (including phenoxy) is 1. The van der Waals surface area contributed by atoms with Crippen LogP contribution in [0.4, 0.5) is 8.78 Å². The lowest BCUT2D eigenvalue weighted by Crippen LogP contribution is -2.56. The van der Waals surface area contributed by atoms with Crippen LogP contribution in [-0.4, -0.2) is 23.0 Å². The van der Waals surface area contributed by atoms with Gasteiger partial charge in [0.15, 0.2) is 0 Å². The summed E-state index contributed by atoms with van der Waals surface area (Å²) in [5.41, 5.74) is 4.14. The minimum absolute atomic E-state index is 0.00588. The van der Waals surface area contributed by atoms with Crippen LogP contribution in [0.25, 0.3) is 10.2 Å². The van der Waals surface area contributed by atoms with E-state index in [-0.39, 0.29) is 18.4 Å². The first-order valence-electron chi connectivity index (χ1n) is 11.9. The molecule has 0 spiro atoms. The van der Waals surface area contributed by atoms with Crippen LogP contribution in [0.2, 0.25) is 0 Å². The van der Waals surface area contributed by atoms with Crippen molar-refractivity contribution < 1.29 is 13.5 Å². The van der Waals surface area contributed by atoms with Crippen LogP contribution in [0.3, 0.4) is 0 Å². The number of para-hydroxylation sites is 1. The van der Waals surface area contributed by atoms with E-state index in [1.54, 1.807) is 0 Å². The third-order valence-corrected chi connectivity index (χ3v) is 8.05. The van der Waals surface area contributed by atoms with Crippen molar-refractivity contribution in [3.63, 3.8) is 0 Å². The number of alkyl halides is 2. The number of nitrogens with zero attached hydrogens (tertiary/aromatic N) is 1. The molecule has 0 bridgehead atoms. The van der Waals surface area contributed by atoms with Crippen molar-refractivity contribution in [2.45, 2.75) is 50.1 Å². The highest BCUT2D eigenvalue weighted by Gasteiger charge is 2.49. The Balaban J connectivity index is 1.13. The summed E-state index contributed by atoms with van der Waals surface area (Å²) < 4.78 is 36.6. The first-order chi connectivity index (χ1) is 16.5. The van der Waals surface area contributed by atoms with Gasteiger partial charge in [0.05, 0.1) is 16.3 Å².